The number of rotatable bonds is 7. The third-order valence-corrected chi connectivity index (χ3v) is 6.46. The van der Waals surface area contributed by atoms with Gasteiger partial charge in [0.25, 0.3) is 5.56 Å². The van der Waals surface area contributed by atoms with Crippen LogP contribution in [0.25, 0.3) is 0 Å². The number of halogens is 2. The lowest BCUT2D eigenvalue weighted by molar-refractivity contribution is 0.586. The molecule has 1 aromatic heterocycles. The molecule has 144 valence electrons. The molecule has 27 heavy (non-hydrogen) atoms. The van der Waals surface area contributed by atoms with E-state index in [-0.39, 0.29) is 21.8 Å². The highest BCUT2D eigenvalue weighted by molar-refractivity contribution is 7.88. The minimum atomic E-state index is -1.40. The normalized spacial score (nSPS) is 15.9. The number of nitrogens with zero attached hydrogens (tertiary/aromatic N) is 1. The topological polar surface area (TPSA) is 63.1 Å². The third kappa shape index (κ3) is 3.80. The van der Waals surface area contributed by atoms with E-state index in [1.165, 1.54) is 17.7 Å². The quantitative estimate of drug-likeness (QED) is 0.702. The fourth-order valence-corrected chi connectivity index (χ4v) is 4.23. The van der Waals surface area contributed by atoms with Gasteiger partial charge in [0.1, 0.15) is 28.4 Å². The Hall–Kier alpha value is -2.48. The van der Waals surface area contributed by atoms with Gasteiger partial charge in [-0.3, -0.25) is 9.36 Å². The standard InChI is InChI=1S/C19H21F2N3O2S/c1-4-7-19(8-9-19)27(26)23-16-10-12(2)18(25)24(3)17(16)22-15-6-5-13(20)11-14(15)21/h4-6,10-11,22-23H,1,7-9H2,2-3H3. The van der Waals surface area contributed by atoms with Gasteiger partial charge in [0.2, 0.25) is 0 Å². The number of aromatic nitrogens is 1. The van der Waals surface area contributed by atoms with E-state index in [1.807, 2.05) is 0 Å². The van der Waals surface area contributed by atoms with Crippen molar-refractivity contribution in [2.24, 2.45) is 7.05 Å². The monoisotopic (exact) mass is 393 g/mol. The molecule has 1 aliphatic carbocycles. The van der Waals surface area contributed by atoms with Gasteiger partial charge in [0.05, 0.1) is 16.1 Å². The zero-order valence-corrected chi connectivity index (χ0v) is 16.0. The molecule has 1 atom stereocenters. The molecule has 2 aromatic rings. The van der Waals surface area contributed by atoms with E-state index in [0.717, 1.165) is 25.0 Å². The zero-order chi connectivity index (χ0) is 19.8. The van der Waals surface area contributed by atoms with Crippen molar-refractivity contribution < 1.29 is 13.0 Å². The van der Waals surface area contributed by atoms with Gasteiger partial charge < -0.3 is 10.0 Å². The highest BCUT2D eigenvalue weighted by Gasteiger charge is 2.48. The number of hydrogen-bond acceptors (Lipinski definition) is 3. The van der Waals surface area contributed by atoms with Crippen LogP contribution in [-0.4, -0.2) is 13.5 Å². The summed E-state index contributed by atoms with van der Waals surface area (Å²) in [6.07, 6.45) is 4.00. The van der Waals surface area contributed by atoms with Gasteiger partial charge in [-0.05, 0) is 44.4 Å². The lowest BCUT2D eigenvalue weighted by Crippen LogP contribution is -2.27. The first-order chi connectivity index (χ1) is 12.8. The molecule has 3 rings (SSSR count). The maximum absolute atomic E-state index is 14.1. The summed E-state index contributed by atoms with van der Waals surface area (Å²) in [6.45, 7) is 5.36. The Morgan fingerprint density at radius 3 is 2.59 bits per heavy atom. The summed E-state index contributed by atoms with van der Waals surface area (Å²) >= 11 is 0. The summed E-state index contributed by atoms with van der Waals surface area (Å²) in [5, 5.41) is 2.82. The molecule has 0 bridgehead atoms. The average Bonchev–Trinajstić information content (AvgIpc) is 3.39. The van der Waals surface area contributed by atoms with Crippen molar-refractivity contribution in [3.63, 3.8) is 0 Å². The predicted octanol–water partition coefficient (Wildman–Crippen LogP) is 3.90. The van der Waals surface area contributed by atoms with Gasteiger partial charge in [-0.25, -0.2) is 13.0 Å². The summed E-state index contributed by atoms with van der Waals surface area (Å²) in [5.41, 5.74) is 0.600. The minimum Gasteiger partial charge on any atom is -0.337 e. The summed E-state index contributed by atoms with van der Waals surface area (Å²) < 4.78 is 44.0. The third-order valence-electron chi connectivity index (χ3n) is 4.70. The molecule has 1 unspecified atom stereocenters. The Morgan fingerprint density at radius 1 is 1.30 bits per heavy atom. The van der Waals surface area contributed by atoms with Crippen LogP contribution >= 0.6 is 0 Å². The van der Waals surface area contributed by atoms with Crippen LogP contribution in [0.15, 0.2) is 41.7 Å². The molecule has 0 aliphatic heterocycles. The maximum atomic E-state index is 14.1. The van der Waals surface area contributed by atoms with Crippen LogP contribution in [0.1, 0.15) is 24.8 Å². The molecule has 1 fully saturated rings. The van der Waals surface area contributed by atoms with E-state index in [9.17, 15) is 17.8 Å². The second kappa shape index (κ2) is 7.26. The Labute approximate surface area is 158 Å². The second-order valence-corrected chi connectivity index (χ2v) is 8.36. The Bertz CT molecular complexity index is 984. The Morgan fingerprint density at radius 2 is 2.00 bits per heavy atom. The molecule has 0 amide bonds. The van der Waals surface area contributed by atoms with E-state index >= 15 is 0 Å². The van der Waals surface area contributed by atoms with Crippen LogP contribution in [0.2, 0.25) is 0 Å². The van der Waals surface area contributed by atoms with Gasteiger partial charge >= 0.3 is 0 Å². The number of benzene rings is 1. The van der Waals surface area contributed by atoms with Crippen molar-refractivity contribution in [2.45, 2.75) is 30.9 Å². The second-order valence-electron chi connectivity index (χ2n) is 6.75. The largest absolute Gasteiger partial charge is 0.337 e. The van der Waals surface area contributed by atoms with Gasteiger partial charge in [0, 0.05) is 18.7 Å². The molecule has 1 heterocycles. The van der Waals surface area contributed by atoms with Crippen molar-refractivity contribution in [1.29, 1.82) is 0 Å². The lowest BCUT2D eigenvalue weighted by Gasteiger charge is -2.20. The van der Waals surface area contributed by atoms with Gasteiger partial charge in [-0.15, -0.1) is 6.58 Å². The first-order valence-electron chi connectivity index (χ1n) is 8.49. The highest BCUT2D eigenvalue weighted by Crippen LogP contribution is 2.45. The van der Waals surface area contributed by atoms with Crippen LogP contribution in [0, 0.1) is 18.6 Å². The predicted molar refractivity (Wildman–Crippen MR) is 105 cm³/mol. The molecule has 8 heteroatoms. The first-order valence-corrected chi connectivity index (χ1v) is 9.64. The fraction of sp³-hybridized carbons (Fsp3) is 0.316. The molecule has 1 saturated carbocycles. The number of hydrogen-bond donors (Lipinski definition) is 2. The van der Waals surface area contributed by atoms with Crippen LogP contribution in [0.5, 0.6) is 0 Å². The van der Waals surface area contributed by atoms with Crippen LogP contribution in [0.4, 0.5) is 26.0 Å². The van der Waals surface area contributed by atoms with E-state index in [2.05, 4.69) is 16.6 Å². The Balaban J connectivity index is 1.99. The maximum Gasteiger partial charge on any atom is 0.254 e. The zero-order valence-electron chi connectivity index (χ0n) is 15.1. The number of allylic oxidation sites excluding steroid dienone is 1. The van der Waals surface area contributed by atoms with Crippen molar-refractivity contribution in [2.75, 3.05) is 10.0 Å². The smallest absolute Gasteiger partial charge is 0.254 e. The van der Waals surface area contributed by atoms with Crippen LogP contribution < -0.4 is 15.6 Å². The van der Waals surface area contributed by atoms with E-state index in [4.69, 9.17) is 0 Å². The number of pyridine rings is 1. The fourth-order valence-electron chi connectivity index (χ4n) is 2.92. The number of nitrogens with one attached hydrogen (secondary N) is 2. The molecular formula is C19H21F2N3O2S. The minimum absolute atomic E-state index is 0.0105. The molecule has 0 spiro atoms. The van der Waals surface area contributed by atoms with E-state index in [0.29, 0.717) is 17.7 Å². The van der Waals surface area contributed by atoms with Crippen molar-refractivity contribution in [3.05, 3.63) is 64.5 Å². The first kappa shape index (κ1) is 19.3. The Kier molecular flexibility index (Phi) is 5.19. The summed E-state index contributed by atoms with van der Waals surface area (Å²) in [6, 6.07) is 4.69. The van der Waals surface area contributed by atoms with Crippen LogP contribution in [0.3, 0.4) is 0 Å². The molecule has 0 saturated heterocycles. The van der Waals surface area contributed by atoms with E-state index < -0.39 is 22.6 Å². The van der Waals surface area contributed by atoms with Gasteiger partial charge in [-0.2, -0.15) is 0 Å². The van der Waals surface area contributed by atoms with Gasteiger partial charge in [0.15, 0.2) is 0 Å². The van der Waals surface area contributed by atoms with Crippen molar-refractivity contribution >= 4 is 28.2 Å². The van der Waals surface area contributed by atoms with E-state index in [1.54, 1.807) is 19.1 Å². The number of anilines is 3. The molecule has 1 aliphatic rings. The molecule has 0 radical (unpaired) electrons. The summed E-state index contributed by atoms with van der Waals surface area (Å²) in [4.78, 5) is 12.3. The summed E-state index contributed by atoms with van der Waals surface area (Å²) in [7, 11) is 0.131. The molecular weight excluding hydrogens is 372 g/mol. The SMILES string of the molecule is C=CCC1(S(=O)Nc2cc(C)c(=O)n(C)c2Nc2ccc(F)cc2F)CC1. The summed E-state index contributed by atoms with van der Waals surface area (Å²) in [5.74, 6) is -1.24. The lowest BCUT2D eigenvalue weighted by atomic mass is 10.2. The molecule has 2 N–H and O–H groups in total. The molecule has 1 aromatic carbocycles. The highest BCUT2D eigenvalue weighted by atomic mass is 32.2. The van der Waals surface area contributed by atoms with Crippen LogP contribution in [-0.2, 0) is 18.0 Å². The van der Waals surface area contributed by atoms with Crippen molar-refractivity contribution in [3.8, 4) is 0 Å². The number of aryl methyl sites for hydroxylation is 1. The van der Waals surface area contributed by atoms with Crippen molar-refractivity contribution in [1.82, 2.24) is 4.57 Å². The van der Waals surface area contributed by atoms with Gasteiger partial charge in [-0.1, -0.05) is 6.08 Å². The molecule has 5 nitrogen and oxygen atoms in total. The average molecular weight is 393 g/mol.